The SMILES string of the molecule is Cc1ccc(OC2CCN(S(=O)(=O)c3c(C)noc3C)CC2)cc1C. The second-order valence-corrected chi connectivity index (χ2v) is 8.50. The van der Waals surface area contributed by atoms with E-state index in [1.165, 1.54) is 15.4 Å². The van der Waals surface area contributed by atoms with Gasteiger partial charge in [0, 0.05) is 13.1 Å². The maximum absolute atomic E-state index is 12.8. The van der Waals surface area contributed by atoms with Crippen LogP contribution in [0.25, 0.3) is 0 Å². The highest BCUT2D eigenvalue weighted by Gasteiger charge is 2.34. The zero-order valence-electron chi connectivity index (χ0n) is 15.1. The van der Waals surface area contributed by atoms with Crippen molar-refractivity contribution in [2.24, 2.45) is 0 Å². The maximum atomic E-state index is 12.8. The summed E-state index contributed by atoms with van der Waals surface area (Å²) in [5.41, 5.74) is 2.83. The van der Waals surface area contributed by atoms with Crippen LogP contribution in [0.4, 0.5) is 0 Å². The molecule has 2 aromatic rings. The number of piperidine rings is 1. The summed E-state index contributed by atoms with van der Waals surface area (Å²) in [6.07, 6.45) is 1.35. The lowest BCUT2D eigenvalue weighted by Crippen LogP contribution is -2.42. The van der Waals surface area contributed by atoms with E-state index in [2.05, 4.69) is 19.0 Å². The molecule has 1 aromatic carbocycles. The van der Waals surface area contributed by atoms with Crippen molar-refractivity contribution < 1.29 is 17.7 Å². The molecule has 136 valence electrons. The lowest BCUT2D eigenvalue weighted by Gasteiger charge is -2.31. The fourth-order valence-electron chi connectivity index (χ4n) is 3.14. The Labute approximate surface area is 148 Å². The Morgan fingerprint density at radius 1 is 1.12 bits per heavy atom. The third-order valence-electron chi connectivity index (χ3n) is 4.75. The highest BCUT2D eigenvalue weighted by molar-refractivity contribution is 7.89. The lowest BCUT2D eigenvalue weighted by atomic mass is 10.1. The van der Waals surface area contributed by atoms with Gasteiger partial charge in [-0.15, -0.1) is 0 Å². The number of sulfonamides is 1. The molecule has 0 spiro atoms. The Bertz CT molecular complexity index is 846. The topological polar surface area (TPSA) is 72.6 Å². The van der Waals surface area contributed by atoms with Crippen LogP contribution in [0.15, 0.2) is 27.6 Å². The first-order chi connectivity index (χ1) is 11.8. The number of hydrogen-bond acceptors (Lipinski definition) is 5. The molecule has 0 N–H and O–H groups in total. The fourth-order valence-corrected chi connectivity index (χ4v) is 4.90. The predicted molar refractivity (Wildman–Crippen MR) is 94.3 cm³/mol. The first-order valence-electron chi connectivity index (χ1n) is 8.46. The van der Waals surface area contributed by atoms with Crippen molar-refractivity contribution in [3.63, 3.8) is 0 Å². The molecule has 0 atom stereocenters. The standard InChI is InChI=1S/C18H24N2O4S/c1-12-5-6-17(11-13(12)2)23-16-7-9-20(10-8-16)25(21,22)18-14(3)19-24-15(18)4/h5-6,11,16H,7-10H2,1-4H3. The van der Waals surface area contributed by atoms with E-state index in [1.807, 2.05) is 18.2 Å². The van der Waals surface area contributed by atoms with E-state index in [1.54, 1.807) is 13.8 Å². The number of ether oxygens (including phenoxy) is 1. The smallest absolute Gasteiger partial charge is 0.248 e. The molecule has 0 saturated carbocycles. The van der Waals surface area contributed by atoms with E-state index < -0.39 is 10.0 Å². The van der Waals surface area contributed by atoms with Crippen LogP contribution in [0.1, 0.15) is 35.4 Å². The van der Waals surface area contributed by atoms with Crippen LogP contribution in [0.2, 0.25) is 0 Å². The number of aryl methyl sites for hydroxylation is 4. The molecule has 0 amide bonds. The number of aromatic nitrogens is 1. The van der Waals surface area contributed by atoms with Crippen molar-refractivity contribution >= 4 is 10.0 Å². The zero-order valence-corrected chi connectivity index (χ0v) is 15.9. The molecule has 1 aromatic heterocycles. The van der Waals surface area contributed by atoms with Gasteiger partial charge in [-0.3, -0.25) is 0 Å². The molecule has 0 unspecified atom stereocenters. The van der Waals surface area contributed by atoms with Crippen molar-refractivity contribution in [1.29, 1.82) is 0 Å². The van der Waals surface area contributed by atoms with Crippen molar-refractivity contribution in [3.8, 4) is 5.75 Å². The average Bonchev–Trinajstić information content (AvgIpc) is 2.91. The van der Waals surface area contributed by atoms with Gasteiger partial charge in [0.15, 0.2) is 5.76 Å². The summed E-state index contributed by atoms with van der Waals surface area (Å²) in [5.74, 6) is 1.18. The van der Waals surface area contributed by atoms with E-state index >= 15 is 0 Å². The van der Waals surface area contributed by atoms with Gasteiger partial charge in [-0.05, 0) is 63.8 Å². The predicted octanol–water partition coefficient (Wildman–Crippen LogP) is 3.14. The number of benzene rings is 1. The Kier molecular flexibility index (Phi) is 4.88. The van der Waals surface area contributed by atoms with Gasteiger partial charge in [0.25, 0.3) is 0 Å². The van der Waals surface area contributed by atoms with Crippen LogP contribution in [0.5, 0.6) is 5.75 Å². The monoisotopic (exact) mass is 364 g/mol. The van der Waals surface area contributed by atoms with Gasteiger partial charge in [-0.2, -0.15) is 4.31 Å². The van der Waals surface area contributed by atoms with Gasteiger partial charge < -0.3 is 9.26 Å². The van der Waals surface area contributed by atoms with Crippen LogP contribution in [0.3, 0.4) is 0 Å². The molecule has 6 nitrogen and oxygen atoms in total. The number of hydrogen-bond donors (Lipinski definition) is 0. The molecule has 1 fully saturated rings. The van der Waals surface area contributed by atoms with Crippen LogP contribution in [-0.4, -0.2) is 37.1 Å². The first kappa shape index (κ1) is 17.9. The third-order valence-corrected chi connectivity index (χ3v) is 6.89. The van der Waals surface area contributed by atoms with Crippen molar-refractivity contribution in [3.05, 3.63) is 40.8 Å². The van der Waals surface area contributed by atoms with Crippen LogP contribution < -0.4 is 4.74 Å². The molecule has 1 aliphatic rings. The largest absolute Gasteiger partial charge is 0.490 e. The average molecular weight is 364 g/mol. The Balaban J connectivity index is 1.66. The zero-order chi connectivity index (χ0) is 18.2. The van der Waals surface area contributed by atoms with Crippen LogP contribution >= 0.6 is 0 Å². The van der Waals surface area contributed by atoms with Gasteiger partial charge in [-0.25, -0.2) is 8.42 Å². The Morgan fingerprint density at radius 3 is 2.36 bits per heavy atom. The third kappa shape index (κ3) is 3.57. The van der Waals surface area contributed by atoms with Gasteiger partial charge in [0.1, 0.15) is 22.4 Å². The molecule has 0 aliphatic carbocycles. The molecule has 1 saturated heterocycles. The summed E-state index contributed by atoms with van der Waals surface area (Å²) in [7, 11) is -3.57. The minimum atomic E-state index is -3.57. The summed E-state index contributed by atoms with van der Waals surface area (Å²) in [4.78, 5) is 0.195. The molecular formula is C18H24N2O4S. The quantitative estimate of drug-likeness (QED) is 0.833. The van der Waals surface area contributed by atoms with Crippen LogP contribution in [0, 0.1) is 27.7 Å². The second-order valence-electron chi connectivity index (χ2n) is 6.62. The van der Waals surface area contributed by atoms with Gasteiger partial charge in [-0.1, -0.05) is 11.2 Å². The summed E-state index contributed by atoms with van der Waals surface area (Å²) in [5, 5.41) is 3.76. The molecule has 3 rings (SSSR count). The normalized spacial score (nSPS) is 17.0. The van der Waals surface area contributed by atoms with Crippen LogP contribution in [-0.2, 0) is 10.0 Å². The molecular weight excluding hydrogens is 340 g/mol. The van der Waals surface area contributed by atoms with E-state index in [0.717, 1.165) is 5.75 Å². The van der Waals surface area contributed by atoms with Crippen molar-refractivity contribution in [2.45, 2.75) is 51.5 Å². The molecule has 25 heavy (non-hydrogen) atoms. The lowest BCUT2D eigenvalue weighted by molar-refractivity contribution is 0.135. The van der Waals surface area contributed by atoms with E-state index in [4.69, 9.17) is 9.26 Å². The summed E-state index contributed by atoms with van der Waals surface area (Å²) >= 11 is 0. The molecule has 2 heterocycles. The first-order valence-corrected chi connectivity index (χ1v) is 9.90. The fraction of sp³-hybridized carbons (Fsp3) is 0.500. The van der Waals surface area contributed by atoms with Crippen molar-refractivity contribution in [2.75, 3.05) is 13.1 Å². The highest BCUT2D eigenvalue weighted by atomic mass is 32.2. The van der Waals surface area contributed by atoms with Gasteiger partial charge in [0.2, 0.25) is 10.0 Å². The Hall–Kier alpha value is -1.86. The van der Waals surface area contributed by atoms with Gasteiger partial charge in [0.05, 0.1) is 0 Å². The Morgan fingerprint density at radius 2 is 1.80 bits per heavy atom. The van der Waals surface area contributed by atoms with E-state index in [9.17, 15) is 8.42 Å². The summed E-state index contributed by atoms with van der Waals surface area (Å²) < 4.78 is 38.2. The summed E-state index contributed by atoms with van der Waals surface area (Å²) in [6.45, 7) is 8.27. The van der Waals surface area contributed by atoms with Gasteiger partial charge >= 0.3 is 0 Å². The minimum absolute atomic E-state index is 0.0261. The minimum Gasteiger partial charge on any atom is -0.490 e. The van der Waals surface area contributed by atoms with E-state index in [0.29, 0.717) is 37.4 Å². The molecule has 0 radical (unpaired) electrons. The maximum Gasteiger partial charge on any atom is 0.248 e. The molecule has 1 aliphatic heterocycles. The number of rotatable bonds is 4. The summed E-state index contributed by atoms with van der Waals surface area (Å²) in [6, 6.07) is 6.04. The molecule has 7 heteroatoms. The van der Waals surface area contributed by atoms with Crippen molar-refractivity contribution in [1.82, 2.24) is 9.46 Å². The second kappa shape index (κ2) is 6.80. The number of nitrogens with zero attached hydrogens (tertiary/aromatic N) is 2. The molecule has 0 bridgehead atoms. The highest BCUT2D eigenvalue weighted by Crippen LogP contribution is 2.27. The van der Waals surface area contributed by atoms with E-state index in [-0.39, 0.29) is 11.0 Å².